The van der Waals surface area contributed by atoms with Crippen LogP contribution in [-0.4, -0.2) is 0 Å². The van der Waals surface area contributed by atoms with E-state index in [1.807, 2.05) is 0 Å². The van der Waals surface area contributed by atoms with Gasteiger partial charge in [0.05, 0.1) is 5.02 Å². The fraction of sp³-hybridized carbons (Fsp3) is 0.294. The number of aryl methyl sites for hydroxylation is 2. The summed E-state index contributed by atoms with van der Waals surface area (Å²) in [7, 11) is 0. The van der Waals surface area contributed by atoms with Gasteiger partial charge in [0.2, 0.25) is 0 Å². The summed E-state index contributed by atoms with van der Waals surface area (Å²) in [6.07, 6.45) is 4.24. The van der Waals surface area contributed by atoms with Gasteiger partial charge < -0.3 is 5.73 Å². The Labute approximate surface area is 123 Å². The van der Waals surface area contributed by atoms with Crippen molar-refractivity contribution in [2.45, 2.75) is 31.7 Å². The zero-order valence-electron chi connectivity index (χ0n) is 11.2. The number of nitrogens with two attached hydrogens (primary N) is 1. The van der Waals surface area contributed by atoms with Gasteiger partial charge in [-0.2, -0.15) is 0 Å². The second-order valence-corrected chi connectivity index (χ2v) is 5.79. The maximum atomic E-state index is 13.5. The molecule has 0 aliphatic heterocycles. The first-order valence-electron chi connectivity index (χ1n) is 6.95. The standard InChI is InChI=1S/C17H17ClFN/c18-17-14(5-2-6-15(17)19)16(20)10-11-7-8-12-3-1-4-13(12)9-11/h2,5-9,16H,1,3-4,10,20H2. The molecule has 2 N–H and O–H groups in total. The molecule has 0 aromatic heterocycles. The second kappa shape index (κ2) is 5.55. The Morgan fingerprint density at radius 2 is 1.95 bits per heavy atom. The van der Waals surface area contributed by atoms with Crippen LogP contribution in [0.1, 0.15) is 34.7 Å². The van der Waals surface area contributed by atoms with Crippen molar-refractivity contribution in [3.8, 4) is 0 Å². The van der Waals surface area contributed by atoms with Crippen LogP contribution in [0, 0.1) is 5.82 Å². The van der Waals surface area contributed by atoms with E-state index in [9.17, 15) is 4.39 Å². The highest BCUT2D eigenvalue weighted by atomic mass is 35.5. The average Bonchev–Trinajstić information content (AvgIpc) is 2.89. The Bertz CT molecular complexity index is 639. The van der Waals surface area contributed by atoms with E-state index in [-0.39, 0.29) is 11.1 Å². The molecule has 0 heterocycles. The van der Waals surface area contributed by atoms with Crippen molar-refractivity contribution in [3.05, 3.63) is 69.5 Å². The van der Waals surface area contributed by atoms with Gasteiger partial charge in [0.25, 0.3) is 0 Å². The molecule has 0 bridgehead atoms. The van der Waals surface area contributed by atoms with E-state index in [4.69, 9.17) is 17.3 Å². The minimum atomic E-state index is -0.409. The highest BCUT2D eigenvalue weighted by Crippen LogP contribution is 2.28. The third kappa shape index (κ3) is 2.58. The summed E-state index contributed by atoms with van der Waals surface area (Å²) in [5.74, 6) is -0.409. The first kappa shape index (κ1) is 13.6. The summed E-state index contributed by atoms with van der Waals surface area (Å²) < 4.78 is 13.5. The lowest BCUT2D eigenvalue weighted by molar-refractivity contribution is 0.619. The van der Waals surface area contributed by atoms with Gasteiger partial charge in [-0.3, -0.25) is 0 Å². The summed E-state index contributed by atoms with van der Waals surface area (Å²) in [6.45, 7) is 0. The molecule has 1 nitrogen and oxygen atoms in total. The molecule has 0 amide bonds. The molecule has 3 rings (SSSR count). The van der Waals surface area contributed by atoms with Crippen LogP contribution in [0.25, 0.3) is 0 Å². The van der Waals surface area contributed by atoms with Crippen LogP contribution in [-0.2, 0) is 19.3 Å². The maximum Gasteiger partial charge on any atom is 0.142 e. The molecule has 1 aliphatic carbocycles. The van der Waals surface area contributed by atoms with Crippen molar-refractivity contribution in [1.29, 1.82) is 0 Å². The van der Waals surface area contributed by atoms with Crippen LogP contribution >= 0.6 is 11.6 Å². The molecule has 0 spiro atoms. The van der Waals surface area contributed by atoms with Crippen molar-refractivity contribution in [2.24, 2.45) is 5.73 Å². The lowest BCUT2D eigenvalue weighted by Crippen LogP contribution is -2.14. The number of halogens is 2. The number of rotatable bonds is 3. The predicted octanol–water partition coefficient (Wildman–Crippen LogP) is 4.21. The van der Waals surface area contributed by atoms with Crippen molar-refractivity contribution < 1.29 is 4.39 Å². The van der Waals surface area contributed by atoms with E-state index < -0.39 is 5.82 Å². The third-order valence-electron chi connectivity index (χ3n) is 4.00. The largest absolute Gasteiger partial charge is 0.324 e. The molecule has 3 heteroatoms. The Balaban J connectivity index is 1.82. The molecule has 1 aliphatic rings. The maximum absolute atomic E-state index is 13.5. The molecule has 1 unspecified atom stereocenters. The molecule has 0 saturated heterocycles. The smallest absolute Gasteiger partial charge is 0.142 e. The van der Waals surface area contributed by atoms with E-state index >= 15 is 0 Å². The molecule has 2 aromatic carbocycles. The van der Waals surface area contributed by atoms with Gasteiger partial charge in [0, 0.05) is 6.04 Å². The highest BCUT2D eigenvalue weighted by Gasteiger charge is 2.16. The zero-order valence-corrected chi connectivity index (χ0v) is 12.0. The van der Waals surface area contributed by atoms with E-state index in [0.29, 0.717) is 12.0 Å². The minimum Gasteiger partial charge on any atom is -0.324 e. The molecule has 0 saturated carbocycles. The number of benzene rings is 2. The van der Waals surface area contributed by atoms with Crippen molar-refractivity contribution in [1.82, 2.24) is 0 Å². The number of hydrogen-bond acceptors (Lipinski definition) is 1. The van der Waals surface area contributed by atoms with Gasteiger partial charge in [-0.05, 0) is 54.0 Å². The van der Waals surface area contributed by atoms with E-state index in [0.717, 1.165) is 6.42 Å². The van der Waals surface area contributed by atoms with Gasteiger partial charge in [-0.25, -0.2) is 4.39 Å². The molecular formula is C17H17ClFN. The average molecular weight is 290 g/mol. The monoisotopic (exact) mass is 289 g/mol. The fourth-order valence-corrected chi connectivity index (χ4v) is 3.19. The summed E-state index contributed by atoms with van der Waals surface area (Å²) in [5, 5.41) is 0.140. The summed E-state index contributed by atoms with van der Waals surface area (Å²) >= 11 is 5.99. The number of fused-ring (bicyclic) bond motifs is 1. The van der Waals surface area contributed by atoms with Gasteiger partial charge in [0.15, 0.2) is 0 Å². The van der Waals surface area contributed by atoms with Crippen LogP contribution in [0.4, 0.5) is 4.39 Å². The Kier molecular flexibility index (Phi) is 3.77. The van der Waals surface area contributed by atoms with Crippen LogP contribution in [0.2, 0.25) is 5.02 Å². The normalized spacial score (nSPS) is 15.2. The van der Waals surface area contributed by atoms with Crippen LogP contribution in [0.5, 0.6) is 0 Å². The second-order valence-electron chi connectivity index (χ2n) is 5.41. The van der Waals surface area contributed by atoms with Gasteiger partial charge in [-0.15, -0.1) is 0 Å². The molecule has 2 aromatic rings. The number of hydrogen-bond donors (Lipinski definition) is 1. The minimum absolute atomic E-state index is 0.140. The van der Waals surface area contributed by atoms with Gasteiger partial charge >= 0.3 is 0 Å². The van der Waals surface area contributed by atoms with E-state index in [1.165, 1.54) is 35.6 Å². The molecule has 20 heavy (non-hydrogen) atoms. The summed E-state index contributed by atoms with van der Waals surface area (Å²) in [5.41, 5.74) is 10.9. The predicted molar refractivity (Wildman–Crippen MR) is 80.5 cm³/mol. The lowest BCUT2D eigenvalue weighted by atomic mass is 9.97. The van der Waals surface area contributed by atoms with Crippen LogP contribution < -0.4 is 5.73 Å². The molecule has 104 valence electrons. The lowest BCUT2D eigenvalue weighted by Gasteiger charge is -2.15. The Hall–Kier alpha value is -1.38. The van der Waals surface area contributed by atoms with Crippen molar-refractivity contribution in [3.63, 3.8) is 0 Å². The third-order valence-corrected chi connectivity index (χ3v) is 4.40. The van der Waals surface area contributed by atoms with Gasteiger partial charge in [-0.1, -0.05) is 41.9 Å². The van der Waals surface area contributed by atoms with Crippen LogP contribution in [0.15, 0.2) is 36.4 Å². The van der Waals surface area contributed by atoms with Gasteiger partial charge in [0.1, 0.15) is 5.82 Å². The first-order chi connectivity index (χ1) is 9.65. The topological polar surface area (TPSA) is 26.0 Å². The molecule has 0 radical (unpaired) electrons. The molecule has 0 fully saturated rings. The first-order valence-corrected chi connectivity index (χ1v) is 7.33. The fourth-order valence-electron chi connectivity index (χ4n) is 2.92. The van der Waals surface area contributed by atoms with Crippen molar-refractivity contribution >= 4 is 11.6 Å². The summed E-state index contributed by atoms with van der Waals surface area (Å²) in [4.78, 5) is 0. The van der Waals surface area contributed by atoms with E-state index in [2.05, 4.69) is 18.2 Å². The quantitative estimate of drug-likeness (QED) is 0.900. The summed E-state index contributed by atoms with van der Waals surface area (Å²) in [6, 6.07) is 11.1. The Morgan fingerprint density at radius 1 is 1.15 bits per heavy atom. The van der Waals surface area contributed by atoms with Crippen molar-refractivity contribution in [2.75, 3.05) is 0 Å². The highest BCUT2D eigenvalue weighted by molar-refractivity contribution is 6.31. The zero-order chi connectivity index (χ0) is 14.1. The Morgan fingerprint density at radius 3 is 2.80 bits per heavy atom. The van der Waals surface area contributed by atoms with Crippen LogP contribution in [0.3, 0.4) is 0 Å². The SMILES string of the molecule is NC(Cc1ccc2c(c1)CCC2)c1cccc(F)c1Cl. The van der Waals surface area contributed by atoms with E-state index in [1.54, 1.807) is 12.1 Å². The molecular weight excluding hydrogens is 273 g/mol. The molecule has 1 atom stereocenters.